The Bertz CT molecular complexity index is 832. The Hall–Kier alpha value is -0.640. The van der Waals surface area contributed by atoms with E-state index in [-0.39, 0.29) is 33.7 Å². The Balaban J connectivity index is 1.66. The van der Waals surface area contributed by atoms with Gasteiger partial charge in [-0.05, 0) is 105 Å². The van der Waals surface area contributed by atoms with E-state index in [1.165, 1.54) is 38.5 Å². The van der Waals surface area contributed by atoms with Crippen molar-refractivity contribution >= 4 is 0 Å². The Morgan fingerprint density at radius 3 is 2.24 bits per heavy atom. The van der Waals surface area contributed by atoms with E-state index in [4.69, 9.17) is 0 Å². The quantitative estimate of drug-likeness (QED) is 0.426. The van der Waals surface area contributed by atoms with Gasteiger partial charge in [0.15, 0.2) is 0 Å². The third-order valence-electron chi connectivity index (χ3n) is 11.7. The van der Waals surface area contributed by atoms with Gasteiger partial charge in [-0.25, -0.2) is 0 Å². The second kappa shape index (κ2) is 7.93. The Kier molecular flexibility index (Phi) is 6.12. The first kappa shape index (κ1) is 25.5. The van der Waals surface area contributed by atoms with Crippen LogP contribution in [-0.2, 0) is 0 Å². The molecule has 0 amide bonds. The van der Waals surface area contributed by atoms with Crippen LogP contribution >= 0.6 is 0 Å². The van der Waals surface area contributed by atoms with Gasteiger partial charge in [0.1, 0.15) is 0 Å². The van der Waals surface area contributed by atoms with E-state index < -0.39 is 11.7 Å². The largest absolute Gasteiger partial charge is 0.393 e. The second-order valence-electron chi connectivity index (χ2n) is 14.1. The summed E-state index contributed by atoms with van der Waals surface area (Å²) in [4.78, 5) is 0. The highest BCUT2D eigenvalue weighted by Gasteiger charge is 2.63. The summed E-state index contributed by atoms with van der Waals surface area (Å²) in [5, 5.41) is 31.9. The summed E-state index contributed by atoms with van der Waals surface area (Å²) in [5.41, 5.74) is 3.20. The van der Waals surface area contributed by atoms with E-state index in [1.54, 1.807) is 31.1 Å². The molecule has 3 nitrogen and oxygen atoms in total. The van der Waals surface area contributed by atoms with Crippen molar-refractivity contribution in [3.8, 4) is 0 Å². The van der Waals surface area contributed by atoms with Crippen LogP contribution in [0.5, 0.6) is 0 Å². The molecule has 4 aliphatic carbocycles. The minimum Gasteiger partial charge on any atom is -0.393 e. The highest BCUT2D eigenvalue weighted by Crippen LogP contribution is 2.72. The van der Waals surface area contributed by atoms with Gasteiger partial charge in [-0.15, -0.1) is 0 Å². The van der Waals surface area contributed by atoms with Crippen LogP contribution in [0, 0.1) is 39.4 Å². The lowest BCUT2D eigenvalue weighted by atomic mass is 9.43. The standard InChI is InChI=1S/C30H50O3/c1-19(23(31)13-15-26(2,3)33)20-11-17-30(8)22-9-10-24-27(4,5)25(32)14-16-28(24,6)21(22)12-18-29(20,30)7/h13,15,19-20,23-25,31-33H,9-12,14,16-18H2,1-8H3/b15-13+/t19-,20+,23+,24-,25-,28+,29+,30-/m0/s1. The molecule has 0 aromatic heterocycles. The average Bonchev–Trinajstić information content (AvgIpc) is 3.00. The van der Waals surface area contributed by atoms with Crippen molar-refractivity contribution in [2.45, 2.75) is 125 Å². The number of allylic oxidation sites excluding steroid dienone is 2. The van der Waals surface area contributed by atoms with Crippen LogP contribution in [-0.4, -0.2) is 33.1 Å². The van der Waals surface area contributed by atoms with E-state index in [0.29, 0.717) is 11.8 Å². The molecule has 4 aliphatic rings. The molecular weight excluding hydrogens is 408 g/mol. The van der Waals surface area contributed by atoms with E-state index in [2.05, 4.69) is 41.5 Å². The summed E-state index contributed by atoms with van der Waals surface area (Å²) in [5.74, 6) is 1.21. The molecule has 0 radical (unpaired) electrons. The number of aliphatic hydroxyl groups is 3. The number of hydrogen-bond acceptors (Lipinski definition) is 3. The maximum Gasteiger partial charge on any atom is 0.0772 e. The first-order valence-electron chi connectivity index (χ1n) is 13.6. The highest BCUT2D eigenvalue weighted by molar-refractivity contribution is 5.38. The third kappa shape index (κ3) is 3.71. The van der Waals surface area contributed by atoms with E-state index >= 15 is 0 Å². The first-order valence-corrected chi connectivity index (χ1v) is 13.6. The number of rotatable bonds is 4. The molecular formula is C30H50O3. The molecule has 33 heavy (non-hydrogen) atoms. The maximum absolute atomic E-state index is 11.0. The van der Waals surface area contributed by atoms with E-state index in [1.807, 2.05) is 6.08 Å². The molecule has 0 unspecified atom stereocenters. The molecule has 8 atom stereocenters. The molecule has 0 aliphatic heterocycles. The average molecular weight is 459 g/mol. The molecule has 0 aromatic rings. The topological polar surface area (TPSA) is 60.7 Å². The fourth-order valence-corrected chi connectivity index (χ4v) is 9.31. The lowest BCUT2D eigenvalue weighted by Crippen LogP contribution is -2.55. The Morgan fingerprint density at radius 1 is 0.939 bits per heavy atom. The summed E-state index contributed by atoms with van der Waals surface area (Å²) in [6.07, 6.45) is 12.0. The summed E-state index contributed by atoms with van der Waals surface area (Å²) in [6.45, 7) is 17.9. The lowest BCUT2D eigenvalue weighted by Gasteiger charge is -2.62. The van der Waals surface area contributed by atoms with Crippen LogP contribution < -0.4 is 0 Å². The number of hydrogen-bond donors (Lipinski definition) is 3. The predicted molar refractivity (Wildman–Crippen MR) is 136 cm³/mol. The first-order chi connectivity index (χ1) is 15.1. The van der Waals surface area contributed by atoms with E-state index in [0.717, 1.165) is 12.8 Å². The van der Waals surface area contributed by atoms with Crippen LogP contribution in [0.15, 0.2) is 23.3 Å². The van der Waals surface area contributed by atoms with Crippen LogP contribution in [0.1, 0.15) is 107 Å². The van der Waals surface area contributed by atoms with Gasteiger partial charge in [0.25, 0.3) is 0 Å². The van der Waals surface area contributed by atoms with Gasteiger partial charge in [0, 0.05) is 0 Å². The zero-order valence-corrected chi connectivity index (χ0v) is 22.5. The minimum absolute atomic E-state index is 0.0170. The summed E-state index contributed by atoms with van der Waals surface area (Å²) in [6, 6.07) is 0. The van der Waals surface area contributed by atoms with Gasteiger partial charge in [-0.2, -0.15) is 0 Å². The molecule has 2 saturated carbocycles. The van der Waals surface area contributed by atoms with Crippen LogP contribution in [0.2, 0.25) is 0 Å². The van der Waals surface area contributed by atoms with E-state index in [9.17, 15) is 15.3 Å². The summed E-state index contributed by atoms with van der Waals surface area (Å²) >= 11 is 0. The van der Waals surface area contributed by atoms with Crippen LogP contribution in [0.4, 0.5) is 0 Å². The highest BCUT2D eigenvalue weighted by atomic mass is 16.3. The van der Waals surface area contributed by atoms with Gasteiger partial charge in [0.2, 0.25) is 0 Å². The van der Waals surface area contributed by atoms with Gasteiger partial charge in [-0.1, -0.05) is 64.8 Å². The van der Waals surface area contributed by atoms with Gasteiger partial charge >= 0.3 is 0 Å². The summed E-state index contributed by atoms with van der Waals surface area (Å²) in [7, 11) is 0. The fourth-order valence-electron chi connectivity index (χ4n) is 9.31. The van der Waals surface area contributed by atoms with Crippen LogP contribution in [0.3, 0.4) is 0 Å². The molecule has 3 N–H and O–H groups in total. The van der Waals surface area contributed by atoms with Crippen molar-refractivity contribution in [2.75, 3.05) is 0 Å². The Morgan fingerprint density at radius 2 is 1.61 bits per heavy atom. The third-order valence-corrected chi connectivity index (χ3v) is 11.7. The SMILES string of the molecule is C[C@H]([C@H](O)/C=C/C(C)(C)O)[C@H]1CC[C@@]2(C)C3=C(CC[C@]12C)[C@@]1(C)CC[C@H](O)C(C)(C)[C@@H]1CC3. The van der Waals surface area contributed by atoms with Crippen molar-refractivity contribution in [3.63, 3.8) is 0 Å². The molecule has 3 heteroatoms. The molecule has 0 heterocycles. The minimum atomic E-state index is -0.894. The fraction of sp³-hybridized carbons (Fsp3) is 0.867. The van der Waals surface area contributed by atoms with Crippen molar-refractivity contribution in [1.82, 2.24) is 0 Å². The normalized spacial score (nSPS) is 44.9. The molecule has 2 fully saturated rings. The Labute approximate surface area is 202 Å². The zero-order valence-electron chi connectivity index (χ0n) is 22.5. The molecule has 0 bridgehead atoms. The molecule has 0 saturated heterocycles. The van der Waals surface area contributed by atoms with Crippen molar-refractivity contribution < 1.29 is 15.3 Å². The monoisotopic (exact) mass is 458 g/mol. The second-order valence-corrected chi connectivity index (χ2v) is 14.1. The van der Waals surface area contributed by atoms with Crippen molar-refractivity contribution in [2.24, 2.45) is 39.4 Å². The lowest BCUT2D eigenvalue weighted by molar-refractivity contribution is -0.0967. The maximum atomic E-state index is 11.0. The smallest absolute Gasteiger partial charge is 0.0772 e. The molecule has 4 rings (SSSR count). The molecule has 0 spiro atoms. The van der Waals surface area contributed by atoms with Crippen molar-refractivity contribution in [1.29, 1.82) is 0 Å². The molecule has 0 aromatic carbocycles. The van der Waals surface area contributed by atoms with Crippen molar-refractivity contribution in [3.05, 3.63) is 23.3 Å². The van der Waals surface area contributed by atoms with Gasteiger partial charge in [-0.3, -0.25) is 0 Å². The number of fused-ring (bicyclic) bond motifs is 4. The molecule has 188 valence electrons. The number of aliphatic hydroxyl groups excluding tert-OH is 2. The van der Waals surface area contributed by atoms with Crippen LogP contribution in [0.25, 0.3) is 0 Å². The zero-order chi connectivity index (χ0) is 24.6. The summed E-state index contributed by atoms with van der Waals surface area (Å²) < 4.78 is 0. The van der Waals surface area contributed by atoms with Gasteiger partial charge in [0.05, 0.1) is 17.8 Å². The van der Waals surface area contributed by atoms with Gasteiger partial charge < -0.3 is 15.3 Å². The predicted octanol–water partition coefficient (Wildman–Crippen LogP) is 6.42.